The summed E-state index contributed by atoms with van der Waals surface area (Å²) in [5.74, 6) is 0.946. The van der Waals surface area contributed by atoms with E-state index in [0.29, 0.717) is 0 Å². The Labute approximate surface area is 115 Å². The maximum Gasteiger partial charge on any atom is 0.119 e. The summed E-state index contributed by atoms with van der Waals surface area (Å²) in [7, 11) is 0. The maximum absolute atomic E-state index is 5.76. The summed E-state index contributed by atoms with van der Waals surface area (Å²) >= 11 is 0. The van der Waals surface area contributed by atoms with E-state index < -0.39 is 0 Å². The number of nitrogens with zero attached hydrogens (tertiary/aromatic N) is 1. The van der Waals surface area contributed by atoms with Crippen LogP contribution in [0.2, 0.25) is 0 Å². The van der Waals surface area contributed by atoms with Crippen molar-refractivity contribution in [1.29, 1.82) is 0 Å². The molecule has 0 atom stereocenters. The SMILES string of the molecule is CCC=Cc1ccc(OCCN2CCOCC2)cc1. The second kappa shape index (κ2) is 7.97. The van der Waals surface area contributed by atoms with Gasteiger partial charge in [-0.15, -0.1) is 0 Å². The smallest absolute Gasteiger partial charge is 0.119 e. The summed E-state index contributed by atoms with van der Waals surface area (Å²) < 4.78 is 11.1. The second-order valence-electron chi connectivity index (χ2n) is 4.68. The monoisotopic (exact) mass is 261 g/mol. The van der Waals surface area contributed by atoms with Gasteiger partial charge >= 0.3 is 0 Å². The number of benzene rings is 1. The molecule has 0 radical (unpaired) electrons. The molecular formula is C16H23NO2. The maximum atomic E-state index is 5.76. The first-order valence-corrected chi connectivity index (χ1v) is 7.08. The molecule has 0 amide bonds. The minimum atomic E-state index is 0.740. The van der Waals surface area contributed by atoms with Crippen molar-refractivity contribution in [2.75, 3.05) is 39.5 Å². The van der Waals surface area contributed by atoms with Crippen molar-refractivity contribution >= 4 is 6.08 Å². The van der Waals surface area contributed by atoms with E-state index in [-0.39, 0.29) is 0 Å². The molecule has 19 heavy (non-hydrogen) atoms. The number of morpholine rings is 1. The highest BCUT2D eigenvalue weighted by atomic mass is 16.5. The van der Waals surface area contributed by atoms with Crippen LogP contribution in [-0.2, 0) is 4.74 Å². The van der Waals surface area contributed by atoms with Crippen molar-refractivity contribution in [2.24, 2.45) is 0 Å². The predicted octanol–water partition coefficient (Wildman–Crippen LogP) is 2.82. The lowest BCUT2D eigenvalue weighted by Crippen LogP contribution is -2.38. The van der Waals surface area contributed by atoms with Crippen LogP contribution in [0.4, 0.5) is 0 Å². The van der Waals surface area contributed by atoms with Gasteiger partial charge in [0.2, 0.25) is 0 Å². The Morgan fingerprint density at radius 1 is 1.21 bits per heavy atom. The lowest BCUT2D eigenvalue weighted by Gasteiger charge is -2.26. The van der Waals surface area contributed by atoms with Crippen LogP contribution in [0.5, 0.6) is 5.75 Å². The zero-order valence-electron chi connectivity index (χ0n) is 11.7. The van der Waals surface area contributed by atoms with E-state index in [0.717, 1.165) is 51.6 Å². The van der Waals surface area contributed by atoms with Crippen LogP contribution in [0, 0.1) is 0 Å². The Kier molecular flexibility index (Phi) is 5.92. The van der Waals surface area contributed by atoms with Gasteiger partial charge in [-0.25, -0.2) is 0 Å². The summed E-state index contributed by atoms with van der Waals surface area (Å²) in [5, 5.41) is 0. The molecule has 1 aliphatic rings. The topological polar surface area (TPSA) is 21.7 Å². The van der Waals surface area contributed by atoms with Gasteiger partial charge in [0, 0.05) is 19.6 Å². The normalized spacial score (nSPS) is 16.9. The molecule has 0 spiro atoms. The Balaban J connectivity index is 1.71. The first kappa shape index (κ1) is 14.1. The highest BCUT2D eigenvalue weighted by Crippen LogP contribution is 2.13. The molecule has 104 valence electrons. The highest BCUT2D eigenvalue weighted by molar-refractivity contribution is 5.50. The van der Waals surface area contributed by atoms with Gasteiger partial charge in [0.15, 0.2) is 0 Å². The average Bonchev–Trinajstić information content (AvgIpc) is 2.47. The molecule has 1 fully saturated rings. The fourth-order valence-corrected chi connectivity index (χ4v) is 2.05. The van der Waals surface area contributed by atoms with Crippen molar-refractivity contribution < 1.29 is 9.47 Å². The van der Waals surface area contributed by atoms with Crippen LogP contribution in [0.3, 0.4) is 0 Å². The third-order valence-corrected chi connectivity index (χ3v) is 3.21. The van der Waals surface area contributed by atoms with E-state index in [1.807, 2.05) is 12.1 Å². The standard InChI is InChI=1S/C16H23NO2/c1-2-3-4-15-5-7-16(8-6-15)19-14-11-17-9-12-18-13-10-17/h3-8H,2,9-14H2,1H3. The van der Waals surface area contributed by atoms with Gasteiger partial charge in [-0.05, 0) is 24.1 Å². The van der Waals surface area contributed by atoms with Gasteiger partial charge in [-0.3, -0.25) is 4.90 Å². The molecule has 1 aromatic carbocycles. The molecule has 0 aromatic heterocycles. The van der Waals surface area contributed by atoms with Crippen molar-refractivity contribution in [2.45, 2.75) is 13.3 Å². The van der Waals surface area contributed by atoms with Crippen molar-refractivity contribution in [3.63, 3.8) is 0 Å². The van der Waals surface area contributed by atoms with E-state index in [1.165, 1.54) is 5.56 Å². The summed E-state index contributed by atoms with van der Waals surface area (Å²) in [5.41, 5.74) is 1.22. The number of hydrogen-bond donors (Lipinski definition) is 0. The van der Waals surface area contributed by atoms with E-state index in [2.05, 4.69) is 36.1 Å². The number of ether oxygens (including phenoxy) is 2. The van der Waals surface area contributed by atoms with E-state index in [1.54, 1.807) is 0 Å². The molecule has 3 heteroatoms. The minimum absolute atomic E-state index is 0.740. The largest absolute Gasteiger partial charge is 0.492 e. The van der Waals surface area contributed by atoms with Crippen LogP contribution in [0.15, 0.2) is 30.3 Å². The van der Waals surface area contributed by atoms with Crippen LogP contribution >= 0.6 is 0 Å². The van der Waals surface area contributed by atoms with Crippen molar-refractivity contribution in [3.8, 4) is 5.75 Å². The third kappa shape index (κ3) is 5.05. The van der Waals surface area contributed by atoms with E-state index in [9.17, 15) is 0 Å². The number of allylic oxidation sites excluding steroid dienone is 1. The molecule has 1 heterocycles. The molecule has 0 N–H and O–H groups in total. The zero-order chi connectivity index (χ0) is 13.3. The first-order chi connectivity index (χ1) is 9.38. The molecule has 1 aliphatic heterocycles. The molecule has 2 rings (SSSR count). The molecule has 0 aliphatic carbocycles. The van der Waals surface area contributed by atoms with Crippen molar-refractivity contribution in [3.05, 3.63) is 35.9 Å². The van der Waals surface area contributed by atoms with Crippen LogP contribution in [0.25, 0.3) is 6.08 Å². The van der Waals surface area contributed by atoms with E-state index >= 15 is 0 Å². The fourth-order valence-electron chi connectivity index (χ4n) is 2.05. The summed E-state index contributed by atoms with van der Waals surface area (Å²) in [4.78, 5) is 2.38. The zero-order valence-corrected chi connectivity index (χ0v) is 11.7. The Morgan fingerprint density at radius 2 is 1.95 bits per heavy atom. The van der Waals surface area contributed by atoms with Gasteiger partial charge in [0.25, 0.3) is 0 Å². The third-order valence-electron chi connectivity index (χ3n) is 3.21. The van der Waals surface area contributed by atoms with Gasteiger partial charge in [-0.2, -0.15) is 0 Å². The molecule has 0 saturated carbocycles. The van der Waals surface area contributed by atoms with Crippen molar-refractivity contribution in [1.82, 2.24) is 4.90 Å². The lowest BCUT2D eigenvalue weighted by molar-refractivity contribution is 0.0322. The Bertz CT molecular complexity index is 380. The average molecular weight is 261 g/mol. The second-order valence-corrected chi connectivity index (χ2v) is 4.68. The molecule has 1 aromatic rings. The van der Waals surface area contributed by atoms with Gasteiger partial charge in [-0.1, -0.05) is 31.2 Å². The molecule has 1 saturated heterocycles. The molecule has 0 bridgehead atoms. The quantitative estimate of drug-likeness (QED) is 0.786. The van der Waals surface area contributed by atoms with E-state index in [4.69, 9.17) is 9.47 Å². The van der Waals surface area contributed by atoms with Crippen LogP contribution in [0.1, 0.15) is 18.9 Å². The number of rotatable bonds is 6. The summed E-state index contributed by atoms with van der Waals surface area (Å²) in [6.07, 6.45) is 5.36. The number of hydrogen-bond acceptors (Lipinski definition) is 3. The summed E-state index contributed by atoms with van der Waals surface area (Å²) in [6, 6.07) is 8.26. The fraction of sp³-hybridized carbons (Fsp3) is 0.500. The lowest BCUT2D eigenvalue weighted by atomic mass is 10.2. The first-order valence-electron chi connectivity index (χ1n) is 7.08. The molecule has 3 nitrogen and oxygen atoms in total. The minimum Gasteiger partial charge on any atom is -0.492 e. The molecule has 0 unspecified atom stereocenters. The van der Waals surface area contributed by atoms with Gasteiger partial charge in [0.05, 0.1) is 13.2 Å². The van der Waals surface area contributed by atoms with Crippen LogP contribution < -0.4 is 4.74 Å². The van der Waals surface area contributed by atoms with Crippen LogP contribution in [-0.4, -0.2) is 44.4 Å². The Hall–Kier alpha value is -1.32. The predicted molar refractivity (Wildman–Crippen MR) is 78.5 cm³/mol. The van der Waals surface area contributed by atoms with Gasteiger partial charge in [0.1, 0.15) is 12.4 Å². The highest BCUT2D eigenvalue weighted by Gasteiger charge is 2.09. The Morgan fingerprint density at radius 3 is 2.63 bits per heavy atom. The van der Waals surface area contributed by atoms with Gasteiger partial charge < -0.3 is 9.47 Å². The molecular weight excluding hydrogens is 238 g/mol. The summed E-state index contributed by atoms with van der Waals surface area (Å²) in [6.45, 7) is 7.58.